The van der Waals surface area contributed by atoms with E-state index in [9.17, 15) is 4.79 Å². The molecule has 5 nitrogen and oxygen atoms in total. The predicted molar refractivity (Wildman–Crippen MR) is 90.0 cm³/mol. The highest BCUT2D eigenvalue weighted by Crippen LogP contribution is 2.33. The summed E-state index contributed by atoms with van der Waals surface area (Å²) < 4.78 is 11.1. The average molecular weight is 316 g/mol. The van der Waals surface area contributed by atoms with Crippen LogP contribution in [0.4, 0.5) is 0 Å². The molecular weight excluding hydrogens is 292 g/mol. The van der Waals surface area contributed by atoms with E-state index in [1.165, 1.54) is 0 Å². The Morgan fingerprint density at radius 3 is 2.91 bits per heavy atom. The number of aromatic nitrogens is 1. The molecule has 1 aliphatic heterocycles. The minimum Gasteiger partial charge on any atom is -0.496 e. The number of hydrogen-bond acceptors (Lipinski definition) is 3. The summed E-state index contributed by atoms with van der Waals surface area (Å²) in [5.74, 6) is 0.779. The number of nitrogens with one attached hydrogen (secondary N) is 1. The average Bonchev–Trinajstić information content (AvgIpc) is 3.07. The van der Waals surface area contributed by atoms with Crippen LogP contribution in [0.15, 0.2) is 24.3 Å². The van der Waals surface area contributed by atoms with Gasteiger partial charge in [0.05, 0.1) is 13.2 Å². The SMILES string of the molecule is CCOC1CN(C(=O)c2cc3c(OC)cccc3[nH]2)C(C)(C)C1. The molecule has 0 saturated carbocycles. The predicted octanol–water partition coefficient (Wildman–Crippen LogP) is 3.21. The molecule has 1 amide bonds. The smallest absolute Gasteiger partial charge is 0.270 e. The molecule has 124 valence electrons. The lowest BCUT2D eigenvalue weighted by Crippen LogP contribution is -2.42. The molecule has 2 heterocycles. The fraction of sp³-hybridized carbons (Fsp3) is 0.500. The van der Waals surface area contributed by atoms with Gasteiger partial charge in [-0.3, -0.25) is 4.79 Å². The van der Waals surface area contributed by atoms with Crippen molar-refractivity contribution in [1.29, 1.82) is 0 Å². The Labute approximate surface area is 136 Å². The number of hydrogen-bond donors (Lipinski definition) is 1. The van der Waals surface area contributed by atoms with E-state index in [1.54, 1.807) is 7.11 Å². The summed E-state index contributed by atoms with van der Waals surface area (Å²) in [4.78, 5) is 18.1. The number of likely N-dealkylation sites (tertiary alicyclic amines) is 1. The maximum absolute atomic E-state index is 13.0. The molecule has 0 radical (unpaired) electrons. The Morgan fingerprint density at radius 2 is 2.22 bits per heavy atom. The van der Waals surface area contributed by atoms with Gasteiger partial charge in [0.15, 0.2) is 0 Å². The first-order valence-corrected chi connectivity index (χ1v) is 8.05. The monoisotopic (exact) mass is 316 g/mol. The van der Waals surface area contributed by atoms with Crippen molar-refractivity contribution in [3.05, 3.63) is 30.0 Å². The highest BCUT2D eigenvalue weighted by Gasteiger charge is 2.42. The number of fused-ring (bicyclic) bond motifs is 1. The molecule has 0 aliphatic carbocycles. The van der Waals surface area contributed by atoms with E-state index in [-0.39, 0.29) is 17.6 Å². The number of carbonyl (C=O) groups is 1. The van der Waals surface area contributed by atoms with Gasteiger partial charge in [-0.25, -0.2) is 0 Å². The number of carbonyl (C=O) groups excluding carboxylic acids is 1. The Kier molecular flexibility index (Phi) is 4.06. The lowest BCUT2D eigenvalue weighted by atomic mass is 10.0. The van der Waals surface area contributed by atoms with Crippen molar-refractivity contribution in [2.75, 3.05) is 20.3 Å². The van der Waals surface area contributed by atoms with E-state index in [0.29, 0.717) is 18.8 Å². The minimum absolute atomic E-state index is 0.00968. The van der Waals surface area contributed by atoms with Crippen LogP contribution < -0.4 is 4.74 Å². The lowest BCUT2D eigenvalue weighted by Gasteiger charge is -2.30. The fourth-order valence-electron chi connectivity index (χ4n) is 3.45. The van der Waals surface area contributed by atoms with Crippen LogP contribution in [0.25, 0.3) is 10.9 Å². The number of nitrogens with zero attached hydrogens (tertiary/aromatic N) is 1. The molecule has 23 heavy (non-hydrogen) atoms. The van der Waals surface area contributed by atoms with Crippen molar-refractivity contribution >= 4 is 16.8 Å². The summed E-state index contributed by atoms with van der Waals surface area (Å²) in [5, 5.41) is 0.928. The number of aromatic amines is 1. The van der Waals surface area contributed by atoms with Crippen molar-refractivity contribution in [2.45, 2.75) is 38.8 Å². The summed E-state index contributed by atoms with van der Waals surface area (Å²) in [5.41, 5.74) is 1.29. The number of H-pyrrole nitrogens is 1. The van der Waals surface area contributed by atoms with Crippen LogP contribution in [-0.2, 0) is 4.74 Å². The molecule has 0 bridgehead atoms. The minimum atomic E-state index is -0.210. The van der Waals surface area contributed by atoms with E-state index >= 15 is 0 Å². The van der Waals surface area contributed by atoms with Crippen LogP contribution in [0.2, 0.25) is 0 Å². The van der Waals surface area contributed by atoms with Gasteiger partial charge in [0.25, 0.3) is 5.91 Å². The van der Waals surface area contributed by atoms with Crippen LogP contribution in [0.1, 0.15) is 37.7 Å². The molecule has 1 aromatic heterocycles. The molecule has 1 aliphatic rings. The van der Waals surface area contributed by atoms with Crippen LogP contribution in [0, 0.1) is 0 Å². The number of amides is 1. The molecule has 1 fully saturated rings. The Balaban J connectivity index is 1.91. The first-order chi connectivity index (χ1) is 11.0. The molecule has 1 unspecified atom stereocenters. The van der Waals surface area contributed by atoms with Crippen LogP contribution >= 0.6 is 0 Å². The Bertz CT molecular complexity index is 720. The molecule has 0 spiro atoms. The van der Waals surface area contributed by atoms with Gasteiger partial charge in [0, 0.05) is 29.6 Å². The number of rotatable bonds is 4. The highest BCUT2D eigenvalue weighted by atomic mass is 16.5. The van der Waals surface area contributed by atoms with Crippen molar-refractivity contribution in [3.63, 3.8) is 0 Å². The normalized spacial score (nSPS) is 20.2. The zero-order chi connectivity index (χ0) is 16.6. The van der Waals surface area contributed by atoms with E-state index < -0.39 is 0 Å². The topological polar surface area (TPSA) is 54.6 Å². The third-order valence-corrected chi connectivity index (χ3v) is 4.57. The Hall–Kier alpha value is -2.01. The second kappa shape index (κ2) is 5.89. The fourth-order valence-corrected chi connectivity index (χ4v) is 3.45. The zero-order valence-corrected chi connectivity index (χ0v) is 14.2. The first kappa shape index (κ1) is 15.9. The molecule has 1 saturated heterocycles. The van der Waals surface area contributed by atoms with E-state index in [1.807, 2.05) is 36.1 Å². The summed E-state index contributed by atoms with van der Waals surface area (Å²) in [6, 6.07) is 7.64. The van der Waals surface area contributed by atoms with Gasteiger partial charge in [-0.15, -0.1) is 0 Å². The molecule has 1 atom stereocenters. The molecule has 1 N–H and O–H groups in total. The first-order valence-electron chi connectivity index (χ1n) is 8.05. The summed E-state index contributed by atoms with van der Waals surface area (Å²) in [6.07, 6.45) is 0.966. The van der Waals surface area contributed by atoms with Gasteiger partial charge >= 0.3 is 0 Å². The van der Waals surface area contributed by atoms with Gasteiger partial charge in [0.2, 0.25) is 0 Å². The number of benzene rings is 1. The number of methoxy groups -OCH3 is 1. The van der Waals surface area contributed by atoms with Crippen LogP contribution in [0.5, 0.6) is 5.75 Å². The summed E-state index contributed by atoms with van der Waals surface area (Å²) >= 11 is 0. The van der Waals surface area contributed by atoms with E-state index in [2.05, 4.69) is 18.8 Å². The maximum atomic E-state index is 13.0. The standard InChI is InChI=1S/C18H24N2O3/c1-5-23-12-10-18(2,3)20(11-12)17(21)15-9-13-14(19-15)7-6-8-16(13)22-4/h6-9,12,19H,5,10-11H2,1-4H3. The van der Waals surface area contributed by atoms with Crippen molar-refractivity contribution in [2.24, 2.45) is 0 Å². The molecule has 1 aromatic carbocycles. The molecule has 3 rings (SSSR count). The second-order valence-corrected chi connectivity index (χ2v) is 6.61. The second-order valence-electron chi connectivity index (χ2n) is 6.61. The van der Waals surface area contributed by atoms with Gasteiger partial charge < -0.3 is 19.4 Å². The van der Waals surface area contributed by atoms with Crippen molar-refractivity contribution in [3.8, 4) is 5.75 Å². The lowest BCUT2D eigenvalue weighted by molar-refractivity contribution is 0.0567. The van der Waals surface area contributed by atoms with Gasteiger partial charge in [-0.2, -0.15) is 0 Å². The third kappa shape index (κ3) is 2.81. The van der Waals surface area contributed by atoms with Crippen molar-refractivity contribution in [1.82, 2.24) is 9.88 Å². The van der Waals surface area contributed by atoms with Crippen LogP contribution in [0.3, 0.4) is 0 Å². The molecular formula is C18H24N2O3. The van der Waals surface area contributed by atoms with E-state index in [0.717, 1.165) is 23.1 Å². The zero-order valence-electron chi connectivity index (χ0n) is 14.2. The largest absolute Gasteiger partial charge is 0.496 e. The highest BCUT2D eigenvalue weighted by molar-refractivity contribution is 6.00. The summed E-state index contributed by atoms with van der Waals surface area (Å²) in [7, 11) is 1.64. The van der Waals surface area contributed by atoms with Gasteiger partial charge in [-0.05, 0) is 45.4 Å². The molecule has 5 heteroatoms. The summed E-state index contributed by atoms with van der Waals surface area (Å²) in [6.45, 7) is 7.47. The quantitative estimate of drug-likeness (QED) is 0.942. The maximum Gasteiger partial charge on any atom is 0.270 e. The molecule has 2 aromatic rings. The van der Waals surface area contributed by atoms with E-state index in [4.69, 9.17) is 9.47 Å². The van der Waals surface area contributed by atoms with Gasteiger partial charge in [0.1, 0.15) is 11.4 Å². The Morgan fingerprint density at radius 1 is 1.43 bits per heavy atom. The van der Waals surface area contributed by atoms with Crippen molar-refractivity contribution < 1.29 is 14.3 Å². The van der Waals surface area contributed by atoms with Gasteiger partial charge in [-0.1, -0.05) is 6.07 Å². The number of ether oxygens (including phenoxy) is 2. The van der Waals surface area contributed by atoms with Crippen LogP contribution in [-0.4, -0.2) is 47.7 Å². The third-order valence-electron chi connectivity index (χ3n) is 4.57.